The number of halogens is 2. The van der Waals surface area contributed by atoms with E-state index in [1.807, 2.05) is 0 Å². The zero-order valence-electron chi connectivity index (χ0n) is 15.1. The third kappa shape index (κ3) is 5.04. The first-order valence-corrected chi connectivity index (χ1v) is 8.52. The molecule has 0 aliphatic heterocycles. The van der Waals surface area contributed by atoms with Gasteiger partial charge in [0.25, 0.3) is 0 Å². The van der Waals surface area contributed by atoms with Crippen LogP contribution in [-0.4, -0.2) is 40.4 Å². The number of phenolic OH excluding ortho intramolecular Hbond substituents is 1. The van der Waals surface area contributed by atoms with Crippen LogP contribution in [0.1, 0.15) is 5.56 Å². The molecule has 0 spiro atoms. The number of anilines is 4. The lowest BCUT2D eigenvalue weighted by Crippen LogP contribution is -2.15. The van der Waals surface area contributed by atoms with E-state index < -0.39 is 0 Å². The molecule has 0 bridgehead atoms. The Morgan fingerprint density at radius 3 is 2.50 bits per heavy atom. The molecule has 0 unspecified atom stereocenters. The molecule has 0 amide bonds. The maximum Gasteiger partial charge on any atom is 0.250 e. The molecule has 0 radical (unpaired) electrons. The minimum absolute atomic E-state index is 0.0400. The molecule has 2 aromatic carbocycles. The second-order valence-electron chi connectivity index (χ2n) is 5.88. The summed E-state index contributed by atoms with van der Waals surface area (Å²) < 4.78 is 13.1. The Morgan fingerprint density at radius 2 is 1.79 bits per heavy atom. The second kappa shape index (κ2) is 8.49. The molecule has 8 nitrogen and oxygen atoms in total. The maximum atomic E-state index is 13.1. The van der Waals surface area contributed by atoms with E-state index in [0.29, 0.717) is 22.2 Å². The lowest BCUT2D eigenvalue weighted by molar-refractivity contribution is 0.474. The minimum atomic E-state index is -0.337. The highest BCUT2D eigenvalue weighted by Gasteiger charge is 2.08. The Bertz CT molecular complexity index is 996. The molecule has 0 atom stereocenters. The number of aromatic hydroxyl groups is 1. The molecule has 3 rings (SSSR count). The summed E-state index contributed by atoms with van der Waals surface area (Å²) in [6, 6.07) is 10.4. The number of nitrogens with zero attached hydrogens (tertiary/aromatic N) is 5. The van der Waals surface area contributed by atoms with E-state index >= 15 is 0 Å². The van der Waals surface area contributed by atoms with Gasteiger partial charge in [0.2, 0.25) is 17.8 Å². The first-order valence-electron chi connectivity index (χ1n) is 8.14. The molecule has 1 aromatic heterocycles. The molecule has 3 N–H and O–H groups in total. The van der Waals surface area contributed by atoms with Crippen LogP contribution in [0.3, 0.4) is 0 Å². The summed E-state index contributed by atoms with van der Waals surface area (Å²) in [6.07, 6.45) is 1.40. The fraction of sp³-hybridized carbons (Fsp3) is 0.111. The number of rotatable bonds is 6. The van der Waals surface area contributed by atoms with Crippen molar-refractivity contribution in [2.75, 3.05) is 29.7 Å². The SMILES string of the molecule is CN(C)c1nc(N/N=C/c2cc(Cl)ccc2O)nc(Nc2ccc(F)cc2)n1. The van der Waals surface area contributed by atoms with Crippen molar-refractivity contribution >= 4 is 41.3 Å². The van der Waals surface area contributed by atoms with Crippen LogP contribution in [-0.2, 0) is 0 Å². The van der Waals surface area contributed by atoms with Crippen LogP contribution < -0.4 is 15.6 Å². The lowest BCUT2D eigenvalue weighted by Gasteiger charge is -2.13. The smallest absolute Gasteiger partial charge is 0.250 e. The van der Waals surface area contributed by atoms with Crippen molar-refractivity contribution in [3.8, 4) is 5.75 Å². The Balaban J connectivity index is 1.81. The standard InChI is InChI=1S/C18H17ClFN7O/c1-27(2)18-24-16(22-14-6-4-13(20)5-7-14)23-17(25-18)26-21-10-11-9-12(19)3-8-15(11)28/h3-10,28H,1-2H3,(H2,22,23,24,25,26)/b21-10+. The Labute approximate surface area is 165 Å². The first-order chi connectivity index (χ1) is 13.4. The van der Waals surface area contributed by atoms with Crippen molar-refractivity contribution in [3.05, 3.63) is 58.9 Å². The highest BCUT2D eigenvalue weighted by molar-refractivity contribution is 6.30. The molecule has 0 aliphatic rings. The van der Waals surface area contributed by atoms with Gasteiger partial charge in [-0.3, -0.25) is 0 Å². The molecule has 0 fully saturated rings. The van der Waals surface area contributed by atoms with Crippen molar-refractivity contribution in [3.63, 3.8) is 0 Å². The normalized spacial score (nSPS) is 10.9. The molecule has 1 heterocycles. The van der Waals surface area contributed by atoms with Gasteiger partial charge in [-0.25, -0.2) is 9.82 Å². The van der Waals surface area contributed by atoms with E-state index in [4.69, 9.17) is 11.6 Å². The van der Waals surface area contributed by atoms with Gasteiger partial charge in [0, 0.05) is 30.4 Å². The number of benzene rings is 2. The highest BCUT2D eigenvalue weighted by Crippen LogP contribution is 2.20. The van der Waals surface area contributed by atoms with Crippen LogP contribution in [0.25, 0.3) is 0 Å². The molecule has 3 aromatic rings. The molecule has 0 saturated heterocycles. The topological polar surface area (TPSA) is 98.6 Å². The molecule has 0 saturated carbocycles. The van der Waals surface area contributed by atoms with Gasteiger partial charge in [-0.2, -0.15) is 20.1 Å². The predicted molar refractivity (Wildman–Crippen MR) is 108 cm³/mol. The number of nitrogens with one attached hydrogen (secondary N) is 2. The third-order valence-electron chi connectivity index (χ3n) is 3.48. The molecular formula is C18H17ClFN7O. The number of hydrogen-bond acceptors (Lipinski definition) is 8. The number of aromatic nitrogens is 3. The number of phenols is 1. The Kier molecular flexibility index (Phi) is 5.85. The van der Waals surface area contributed by atoms with Crippen LogP contribution >= 0.6 is 11.6 Å². The van der Waals surface area contributed by atoms with Gasteiger partial charge in [-0.15, -0.1) is 0 Å². The zero-order valence-corrected chi connectivity index (χ0v) is 15.8. The summed E-state index contributed by atoms with van der Waals surface area (Å²) in [4.78, 5) is 14.5. The lowest BCUT2D eigenvalue weighted by atomic mass is 10.2. The largest absolute Gasteiger partial charge is 0.507 e. The van der Waals surface area contributed by atoms with Crippen LogP contribution in [0.5, 0.6) is 5.75 Å². The van der Waals surface area contributed by atoms with Crippen LogP contribution in [0.2, 0.25) is 5.02 Å². The molecule has 0 aliphatic carbocycles. The molecular weight excluding hydrogens is 385 g/mol. The predicted octanol–water partition coefficient (Wildman–Crippen LogP) is 3.63. The monoisotopic (exact) mass is 401 g/mol. The van der Waals surface area contributed by atoms with Gasteiger partial charge in [0.05, 0.1) is 6.21 Å². The minimum Gasteiger partial charge on any atom is -0.507 e. The summed E-state index contributed by atoms with van der Waals surface area (Å²) in [6.45, 7) is 0. The summed E-state index contributed by atoms with van der Waals surface area (Å²) >= 11 is 5.91. The van der Waals surface area contributed by atoms with Crippen LogP contribution in [0.15, 0.2) is 47.6 Å². The van der Waals surface area contributed by atoms with Crippen molar-refractivity contribution in [1.82, 2.24) is 15.0 Å². The average Bonchev–Trinajstić information content (AvgIpc) is 2.66. The van der Waals surface area contributed by atoms with E-state index in [2.05, 4.69) is 30.8 Å². The van der Waals surface area contributed by atoms with Crippen molar-refractivity contribution in [2.45, 2.75) is 0 Å². The van der Waals surface area contributed by atoms with E-state index in [1.165, 1.54) is 24.4 Å². The fourth-order valence-corrected chi connectivity index (χ4v) is 2.30. The average molecular weight is 402 g/mol. The Morgan fingerprint density at radius 1 is 1.07 bits per heavy atom. The van der Waals surface area contributed by atoms with Crippen molar-refractivity contribution < 1.29 is 9.50 Å². The van der Waals surface area contributed by atoms with Crippen LogP contribution in [0, 0.1) is 5.82 Å². The number of hydrogen-bond donors (Lipinski definition) is 3. The van der Waals surface area contributed by atoms with Gasteiger partial charge in [-0.1, -0.05) is 11.6 Å². The summed E-state index contributed by atoms with van der Waals surface area (Å²) in [5, 5.41) is 17.3. The van der Waals surface area contributed by atoms with Crippen molar-refractivity contribution in [2.24, 2.45) is 5.10 Å². The fourth-order valence-electron chi connectivity index (χ4n) is 2.12. The first kappa shape index (κ1) is 19.3. The molecule has 144 valence electrons. The third-order valence-corrected chi connectivity index (χ3v) is 3.72. The number of hydrazone groups is 1. The van der Waals surface area contributed by atoms with E-state index in [9.17, 15) is 9.50 Å². The van der Waals surface area contributed by atoms with Gasteiger partial charge in [0.1, 0.15) is 11.6 Å². The highest BCUT2D eigenvalue weighted by atomic mass is 35.5. The zero-order chi connectivity index (χ0) is 20.1. The van der Waals surface area contributed by atoms with Gasteiger partial charge in [0.15, 0.2) is 0 Å². The summed E-state index contributed by atoms with van der Waals surface area (Å²) in [5.74, 6) is 0.534. The molecule has 28 heavy (non-hydrogen) atoms. The van der Waals surface area contributed by atoms with Gasteiger partial charge >= 0.3 is 0 Å². The van der Waals surface area contributed by atoms with Crippen molar-refractivity contribution in [1.29, 1.82) is 0 Å². The van der Waals surface area contributed by atoms with E-state index in [1.54, 1.807) is 43.3 Å². The van der Waals surface area contributed by atoms with E-state index in [0.717, 1.165) is 0 Å². The second-order valence-corrected chi connectivity index (χ2v) is 6.32. The Hall–Kier alpha value is -3.46. The van der Waals surface area contributed by atoms with Crippen LogP contribution in [0.4, 0.5) is 27.9 Å². The molecule has 10 heteroatoms. The van der Waals surface area contributed by atoms with Gasteiger partial charge in [-0.05, 0) is 42.5 Å². The summed E-state index contributed by atoms with van der Waals surface area (Å²) in [7, 11) is 3.57. The van der Waals surface area contributed by atoms with E-state index in [-0.39, 0.29) is 23.5 Å². The quantitative estimate of drug-likeness (QED) is 0.428. The summed E-state index contributed by atoms with van der Waals surface area (Å²) in [5.41, 5.74) is 3.75. The maximum absolute atomic E-state index is 13.1. The van der Waals surface area contributed by atoms with Gasteiger partial charge < -0.3 is 15.3 Å².